The SMILES string of the molecule is CC1(C)C(c2ccccc2)=[N+]([O-])C2(CCCCCC2=NNC(N)=O)N1O. The first-order valence-electron chi connectivity index (χ1n) is 8.83. The molecular formula is C18H25N5O3. The molecule has 0 aromatic heterocycles. The van der Waals surface area contributed by atoms with E-state index in [9.17, 15) is 15.2 Å². The number of hydroxylamine groups is 3. The number of carbonyl (C=O) groups is 1. The summed E-state index contributed by atoms with van der Waals surface area (Å²) in [7, 11) is 0. The number of nitrogens with two attached hydrogens (primary N) is 1. The zero-order valence-corrected chi connectivity index (χ0v) is 15.1. The van der Waals surface area contributed by atoms with Crippen LogP contribution in [0.4, 0.5) is 4.79 Å². The van der Waals surface area contributed by atoms with Crippen molar-refractivity contribution in [2.45, 2.75) is 57.2 Å². The molecule has 3 rings (SSSR count). The van der Waals surface area contributed by atoms with Gasteiger partial charge in [-0.3, -0.25) is 0 Å². The van der Waals surface area contributed by atoms with Gasteiger partial charge in [0.2, 0.25) is 5.71 Å². The van der Waals surface area contributed by atoms with E-state index in [4.69, 9.17) is 5.73 Å². The Bertz CT molecular complexity index is 759. The Balaban J connectivity index is 2.20. The molecule has 1 aromatic rings. The first kappa shape index (κ1) is 18.3. The van der Waals surface area contributed by atoms with E-state index in [2.05, 4.69) is 10.5 Å². The molecule has 1 unspecified atom stereocenters. The van der Waals surface area contributed by atoms with Gasteiger partial charge in [0.25, 0.3) is 5.66 Å². The van der Waals surface area contributed by atoms with E-state index < -0.39 is 17.2 Å². The minimum atomic E-state index is -1.35. The third-order valence-electron chi connectivity index (χ3n) is 5.25. The monoisotopic (exact) mass is 359 g/mol. The molecular weight excluding hydrogens is 334 g/mol. The standard InChI is InChI=1S/C18H25N5O3/c1-17(2)15(13-9-5-3-6-10-13)22(25)18(23(17)26)12-8-4-7-11-14(18)20-21-16(19)24/h3,5-6,9-10,26H,4,7-8,11-12H2,1-2H3,(H3,19,21,24). The van der Waals surface area contributed by atoms with E-state index in [0.29, 0.717) is 24.3 Å². The van der Waals surface area contributed by atoms with Crippen molar-refractivity contribution in [3.63, 3.8) is 0 Å². The largest absolute Gasteiger partial charge is 0.622 e. The molecule has 0 saturated heterocycles. The van der Waals surface area contributed by atoms with Crippen LogP contribution in [0.5, 0.6) is 0 Å². The Hall–Kier alpha value is -2.45. The van der Waals surface area contributed by atoms with Crippen LogP contribution in [0.3, 0.4) is 0 Å². The van der Waals surface area contributed by atoms with Crippen molar-refractivity contribution < 1.29 is 14.7 Å². The highest BCUT2D eigenvalue weighted by atomic mass is 16.6. The number of hydrogen-bond donors (Lipinski definition) is 3. The summed E-state index contributed by atoms with van der Waals surface area (Å²) < 4.78 is 0.870. The highest BCUT2D eigenvalue weighted by molar-refractivity contribution is 6.07. The number of hydrogen-bond acceptors (Lipinski definition) is 5. The average Bonchev–Trinajstić information content (AvgIpc) is 2.77. The van der Waals surface area contributed by atoms with E-state index in [1.54, 1.807) is 13.8 Å². The number of nitrogens with one attached hydrogen (secondary N) is 1. The molecule has 0 bridgehead atoms. The van der Waals surface area contributed by atoms with Crippen molar-refractivity contribution in [1.29, 1.82) is 0 Å². The molecule has 140 valence electrons. The molecule has 1 aliphatic carbocycles. The molecule has 1 saturated carbocycles. The van der Waals surface area contributed by atoms with Crippen LogP contribution in [0.2, 0.25) is 0 Å². The van der Waals surface area contributed by atoms with Gasteiger partial charge in [-0.25, -0.2) is 10.2 Å². The Kier molecular flexibility index (Phi) is 4.72. The lowest BCUT2D eigenvalue weighted by Gasteiger charge is -2.35. The van der Waals surface area contributed by atoms with Crippen molar-refractivity contribution in [2.24, 2.45) is 10.8 Å². The molecule has 0 radical (unpaired) electrons. The molecule has 1 aromatic carbocycles. The molecule has 8 heteroatoms. The fourth-order valence-corrected chi connectivity index (χ4v) is 4.05. The average molecular weight is 359 g/mol. The van der Waals surface area contributed by atoms with Gasteiger partial charge in [0.05, 0.1) is 0 Å². The first-order chi connectivity index (χ1) is 12.3. The minimum absolute atomic E-state index is 0.409. The van der Waals surface area contributed by atoms with Crippen LogP contribution >= 0.6 is 0 Å². The molecule has 1 spiro atoms. The van der Waals surface area contributed by atoms with Crippen LogP contribution in [0.15, 0.2) is 35.4 Å². The molecule has 2 amide bonds. The Labute approximate surface area is 152 Å². The summed E-state index contributed by atoms with van der Waals surface area (Å²) in [4.78, 5) is 11.1. The second-order valence-corrected chi connectivity index (χ2v) is 7.29. The molecule has 26 heavy (non-hydrogen) atoms. The summed E-state index contributed by atoms with van der Waals surface area (Å²) in [5.41, 5.74) is 6.73. The highest BCUT2D eigenvalue weighted by Gasteiger charge is 2.64. The molecule has 1 fully saturated rings. The molecule has 1 aliphatic heterocycles. The number of urea groups is 1. The van der Waals surface area contributed by atoms with Crippen molar-refractivity contribution in [1.82, 2.24) is 10.5 Å². The highest BCUT2D eigenvalue weighted by Crippen LogP contribution is 2.41. The number of nitrogens with zero attached hydrogens (tertiary/aromatic N) is 3. The summed E-state index contributed by atoms with van der Waals surface area (Å²) in [6.07, 6.45) is 3.41. The van der Waals surface area contributed by atoms with Crippen molar-refractivity contribution in [3.8, 4) is 0 Å². The zero-order chi connectivity index (χ0) is 18.9. The van der Waals surface area contributed by atoms with Gasteiger partial charge < -0.3 is 16.1 Å². The summed E-state index contributed by atoms with van der Waals surface area (Å²) in [5, 5.41) is 29.9. The summed E-state index contributed by atoms with van der Waals surface area (Å²) in [6, 6.07) is 8.49. The quantitative estimate of drug-likeness (QED) is 0.426. The Morgan fingerprint density at radius 3 is 2.65 bits per heavy atom. The van der Waals surface area contributed by atoms with E-state index in [-0.39, 0.29) is 0 Å². The predicted molar refractivity (Wildman–Crippen MR) is 97.9 cm³/mol. The second kappa shape index (κ2) is 6.69. The number of primary amides is 1. The van der Waals surface area contributed by atoms with Crippen LogP contribution in [0, 0.1) is 5.21 Å². The van der Waals surface area contributed by atoms with Gasteiger partial charge in [-0.15, -0.1) is 5.06 Å². The van der Waals surface area contributed by atoms with Crippen LogP contribution < -0.4 is 11.2 Å². The lowest BCUT2D eigenvalue weighted by Crippen LogP contribution is -2.59. The fraction of sp³-hybridized carbons (Fsp3) is 0.500. The van der Waals surface area contributed by atoms with E-state index in [0.717, 1.165) is 34.6 Å². The third-order valence-corrected chi connectivity index (χ3v) is 5.25. The van der Waals surface area contributed by atoms with Crippen molar-refractivity contribution >= 4 is 17.5 Å². The molecule has 1 heterocycles. The predicted octanol–water partition coefficient (Wildman–Crippen LogP) is 2.15. The summed E-state index contributed by atoms with van der Waals surface area (Å²) >= 11 is 0. The van der Waals surface area contributed by atoms with Crippen LogP contribution in [-0.2, 0) is 0 Å². The lowest BCUT2D eigenvalue weighted by molar-refractivity contribution is -0.567. The van der Waals surface area contributed by atoms with Gasteiger partial charge >= 0.3 is 6.03 Å². The van der Waals surface area contributed by atoms with E-state index >= 15 is 0 Å². The maximum atomic E-state index is 13.6. The van der Waals surface area contributed by atoms with Gasteiger partial charge in [0.1, 0.15) is 11.3 Å². The van der Waals surface area contributed by atoms with E-state index in [1.807, 2.05) is 30.3 Å². The third kappa shape index (κ3) is 2.75. The molecule has 4 N–H and O–H groups in total. The normalized spacial score (nSPS) is 27.7. The Morgan fingerprint density at radius 1 is 1.31 bits per heavy atom. The summed E-state index contributed by atoms with van der Waals surface area (Å²) in [6.45, 7) is 3.61. The van der Waals surface area contributed by atoms with Crippen LogP contribution in [0.1, 0.15) is 51.5 Å². The number of amides is 2. The zero-order valence-electron chi connectivity index (χ0n) is 15.1. The molecule has 1 atom stereocenters. The van der Waals surface area contributed by atoms with Gasteiger partial charge in [-0.1, -0.05) is 24.6 Å². The number of rotatable bonds is 2. The second-order valence-electron chi connectivity index (χ2n) is 7.29. The Morgan fingerprint density at radius 2 is 2.00 bits per heavy atom. The van der Waals surface area contributed by atoms with Gasteiger partial charge in [-0.05, 0) is 45.2 Å². The number of hydrazone groups is 1. The topological polar surface area (TPSA) is 117 Å². The maximum Gasteiger partial charge on any atom is 0.332 e. The van der Waals surface area contributed by atoms with E-state index in [1.165, 1.54) is 0 Å². The van der Waals surface area contributed by atoms with Crippen LogP contribution in [-0.4, -0.2) is 43.7 Å². The van der Waals surface area contributed by atoms with Gasteiger partial charge in [0.15, 0.2) is 0 Å². The van der Waals surface area contributed by atoms with Crippen molar-refractivity contribution in [2.75, 3.05) is 0 Å². The van der Waals surface area contributed by atoms with Gasteiger partial charge in [-0.2, -0.15) is 9.84 Å². The lowest BCUT2D eigenvalue weighted by atomic mass is 9.91. The van der Waals surface area contributed by atoms with Crippen LogP contribution in [0.25, 0.3) is 0 Å². The number of carbonyl (C=O) groups excluding carboxylic acids is 1. The maximum absolute atomic E-state index is 13.6. The minimum Gasteiger partial charge on any atom is -0.622 e. The van der Waals surface area contributed by atoms with Gasteiger partial charge in [0, 0.05) is 12.0 Å². The first-order valence-corrected chi connectivity index (χ1v) is 8.83. The smallest absolute Gasteiger partial charge is 0.332 e. The summed E-state index contributed by atoms with van der Waals surface area (Å²) in [5.74, 6) is 0. The molecule has 8 nitrogen and oxygen atoms in total. The number of benzene rings is 1. The van der Waals surface area contributed by atoms with Crippen molar-refractivity contribution in [3.05, 3.63) is 41.1 Å². The molecule has 2 aliphatic rings. The fourth-order valence-electron chi connectivity index (χ4n) is 4.05.